The van der Waals surface area contributed by atoms with E-state index in [0.29, 0.717) is 244 Å². The molecule has 0 saturated carbocycles. The van der Waals surface area contributed by atoms with Crippen LogP contribution in [-0.4, -0.2) is 274 Å². The molecule has 24 nitrogen and oxygen atoms in total. The molecule has 0 unspecified atom stereocenters. The van der Waals surface area contributed by atoms with Gasteiger partial charge in [-0.1, -0.05) is 45.2 Å². The number of phosphoric acid groups is 1. The van der Waals surface area contributed by atoms with E-state index < -0.39 is 7.82 Å². The summed E-state index contributed by atoms with van der Waals surface area (Å²) in [4.78, 5) is 17.1. The third-order valence-corrected chi connectivity index (χ3v) is 10.9. The lowest BCUT2D eigenvalue weighted by molar-refractivity contribution is -0.0313. The van der Waals surface area contributed by atoms with E-state index in [9.17, 15) is 4.57 Å². The predicted octanol–water partition coefficient (Wildman–Crippen LogP) is 4.25. The van der Waals surface area contributed by atoms with E-state index in [-0.39, 0.29) is 19.8 Å². The number of aryl methyl sites for hydroxylation is 1. The van der Waals surface area contributed by atoms with Gasteiger partial charge in [0, 0.05) is 0 Å². The van der Waals surface area contributed by atoms with Crippen LogP contribution in [0.25, 0.3) is 0 Å². The molecule has 0 spiro atoms. The number of benzene rings is 1. The fourth-order valence-electron chi connectivity index (χ4n) is 6.30. The fraction of sp³-hybridized carbons (Fsp3) is 0.889. The molecule has 25 heteroatoms. The van der Waals surface area contributed by atoms with E-state index >= 15 is 0 Å². The van der Waals surface area contributed by atoms with Gasteiger partial charge in [0.25, 0.3) is 0 Å². The van der Waals surface area contributed by atoms with E-state index in [2.05, 4.69) is 30.5 Å². The van der Waals surface area contributed by atoms with Gasteiger partial charge >= 0.3 is 7.82 Å². The minimum absolute atomic E-state index is 0.0706. The molecular formula is C54H103O24P. The van der Waals surface area contributed by atoms with Crippen molar-refractivity contribution in [1.82, 2.24) is 0 Å². The first kappa shape index (κ1) is 75.4. The summed E-state index contributed by atoms with van der Waals surface area (Å²) < 4.78 is 125. The molecule has 0 aromatic heterocycles. The Morgan fingerprint density at radius 1 is 0.304 bits per heavy atom. The summed E-state index contributed by atoms with van der Waals surface area (Å²) in [5.74, 6) is 1.67. The van der Waals surface area contributed by atoms with Crippen molar-refractivity contribution in [2.24, 2.45) is 5.92 Å². The van der Waals surface area contributed by atoms with Crippen LogP contribution in [0.15, 0.2) is 24.3 Å². The van der Waals surface area contributed by atoms with Gasteiger partial charge in [0.2, 0.25) is 0 Å². The zero-order chi connectivity index (χ0) is 56.7. The minimum Gasteiger partial charge on any atom is -0.491 e. The van der Waals surface area contributed by atoms with E-state index in [1.165, 1.54) is 31.2 Å². The summed E-state index contributed by atoms with van der Waals surface area (Å²) in [6.45, 7) is 22.3. The normalized spacial score (nSPS) is 12.0. The zero-order valence-electron chi connectivity index (χ0n) is 48.0. The zero-order valence-corrected chi connectivity index (χ0v) is 48.9. The summed E-state index contributed by atoms with van der Waals surface area (Å²) >= 11 is 0. The topological polar surface area (TPSA) is 251 Å². The summed E-state index contributed by atoms with van der Waals surface area (Å²) in [6.07, 6.45) is 6.30. The number of phosphoric ester groups is 1. The monoisotopic (exact) mass is 1170 g/mol. The lowest BCUT2D eigenvalue weighted by Crippen LogP contribution is -2.16. The molecule has 0 aliphatic carbocycles. The lowest BCUT2D eigenvalue weighted by Gasteiger charge is -2.09. The van der Waals surface area contributed by atoms with E-state index in [1.807, 2.05) is 12.1 Å². The minimum atomic E-state index is -4.45. The average Bonchev–Trinajstić information content (AvgIpc) is 3.43. The van der Waals surface area contributed by atoms with Crippen molar-refractivity contribution < 1.29 is 114 Å². The first-order chi connectivity index (χ1) is 38.9. The van der Waals surface area contributed by atoms with Crippen LogP contribution in [0, 0.1) is 5.92 Å². The Kier molecular flexibility index (Phi) is 59.6. The highest BCUT2D eigenvalue weighted by molar-refractivity contribution is 7.46. The van der Waals surface area contributed by atoms with Crippen molar-refractivity contribution in [2.75, 3.05) is 264 Å². The van der Waals surface area contributed by atoms with Crippen LogP contribution in [0.2, 0.25) is 0 Å². The van der Waals surface area contributed by atoms with Crippen LogP contribution in [0.1, 0.15) is 45.1 Å². The molecule has 0 fully saturated rings. The van der Waals surface area contributed by atoms with Crippen LogP contribution >= 0.6 is 7.82 Å². The molecule has 79 heavy (non-hydrogen) atoms. The molecule has 0 radical (unpaired) electrons. The maximum absolute atomic E-state index is 10.5. The third kappa shape index (κ3) is 63.8. The maximum Gasteiger partial charge on any atom is 0.469 e. The Morgan fingerprint density at radius 3 is 0.734 bits per heavy atom. The van der Waals surface area contributed by atoms with Gasteiger partial charge in [-0.3, -0.25) is 4.52 Å². The number of hydrogen-bond acceptors (Lipinski definition) is 22. The van der Waals surface area contributed by atoms with Gasteiger partial charge < -0.3 is 105 Å². The van der Waals surface area contributed by atoms with Gasteiger partial charge in [-0.25, -0.2) is 4.57 Å². The highest BCUT2D eigenvalue weighted by Gasteiger charge is 2.12. The van der Waals surface area contributed by atoms with Gasteiger partial charge in [0.1, 0.15) is 12.4 Å². The number of unbranched alkanes of at least 4 members (excludes halogenated alkanes) is 2. The quantitative estimate of drug-likeness (QED) is 0.0683. The molecule has 0 aliphatic heterocycles. The van der Waals surface area contributed by atoms with Gasteiger partial charge in [0.05, 0.1) is 258 Å². The largest absolute Gasteiger partial charge is 0.491 e. The molecule has 0 aliphatic rings. The van der Waals surface area contributed by atoms with E-state index in [1.54, 1.807) is 0 Å². The van der Waals surface area contributed by atoms with Crippen LogP contribution in [-0.2, 0) is 106 Å². The summed E-state index contributed by atoms with van der Waals surface area (Å²) in [7, 11) is -4.45. The second kappa shape index (κ2) is 62.4. The molecule has 468 valence electrons. The standard InChI is InChI=1S/C54H103O24P/c1-52(2)6-4-3-5-7-53-8-10-54(11-9-53)77-50-48-75-46-44-73-42-40-71-38-36-69-34-32-67-30-28-65-26-24-63-22-20-61-18-16-59-14-12-58-13-15-60-17-19-62-21-23-64-25-27-66-29-31-68-33-35-70-37-39-72-41-43-74-45-47-76-49-51-78-79(55,56)57/h8-11,52H,3-7,12-51H2,1-2H3,(H2,55,56,57). The van der Waals surface area contributed by atoms with Gasteiger partial charge in [0.15, 0.2) is 0 Å². The Balaban J connectivity index is 1.62. The summed E-state index contributed by atoms with van der Waals surface area (Å²) in [5, 5.41) is 0. The van der Waals surface area contributed by atoms with Crippen LogP contribution < -0.4 is 4.74 Å². The molecule has 1 aromatic rings. The molecule has 1 rings (SSSR count). The Morgan fingerprint density at radius 2 is 0.519 bits per heavy atom. The van der Waals surface area contributed by atoms with Crippen molar-refractivity contribution in [1.29, 1.82) is 0 Å². The Labute approximate surface area is 471 Å². The highest BCUT2D eigenvalue weighted by atomic mass is 31.2. The first-order valence-electron chi connectivity index (χ1n) is 28.3. The molecular weight excluding hydrogens is 1060 g/mol. The van der Waals surface area contributed by atoms with Crippen molar-refractivity contribution in [3.63, 3.8) is 0 Å². The van der Waals surface area contributed by atoms with Crippen molar-refractivity contribution in [2.45, 2.75) is 46.0 Å². The Hall–Kier alpha value is -1.63. The molecule has 0 saturated heterocycles. The molecule has 0 heterocycles. The maximum atomic E-state index is 10.5. The Bertz CT molecular complexity index is 1370. The van der Waals surface area contributed by atoms with Crippen molar-refractivity contribution in [3.05, 3.63) is 29.8 Å². The third-order valence-electron chi connectivity index (χ3n) is 10.3. The van der Waals surface area contributed by atoms with Gasteiger partial charge in [-0.2, -0.15) is 0 Å². The SMILES string of the molecule is CC(C)CCCCCc1ccc(OCCOCCOCCOCCOCCOCCOCCOCCOCCOCCOCCOCCOCCOCCOCCOCCOCCOCCOCCOCCOP(=O)(O)O)cc1. The number of ether oxygens (including phenoxy) is 20. The van der Waals surface area contributed by atoms with Crippen LogP contribution in [0.3, 0.4) is 0 Å². The second-order valence-electron chi connectivity index (χ2n) is 17.4. The molecule has 1 aromatic carbocycles. The second-order valence-corrected chi connectivity index (χ2v) is 18.7. The summed E-state index contributed by atoms with van der Waals surface area (Å²) in [6, 6.07) is 8.41. The average molecular weight is 1170 g/mol. The number of hydrogen-bond donors (Lipinski definition) is 2. The smallest absolute Gasteiger partial charge is 0.469 e. The molecule has 0 bridgehead atoms. The first-order valence-corrected chi connectivity index (χ1v) is 29.8. The molecule has 0 atom stereocenters. The van der Waals surface area contributed by atoms with Crippen molar-refractivity contribution in [3.8, 4) is 5.75 Å². The van der Waals surface area contributed by atoms with E-state index in [0.717, 1.165) is 18.1 Å². The lowest BCUT2D eigenvalue weighted by atomic mass is 10.0. The van der Waals surface area contributed by atoms with Crippen LogP contribution in [0.5, 0.6) is 5.75 Å². The summed E-state index contributed by atoms with van der Waals surface area (Å²) in [5.41, 5.74) is 1.36. The van der Waals surface area contributed by atoms with Gasteiger partial charge in [-0.05, 0) is 36.5 Å². The van der Waals surface area contributed by atoms with Gasteiger partial charge in [-0.15, -0.1) is 0 Å². The predicted molar refractivity (Wildman–Crippen MR) is 293 cm³/mol. The van der Waals surface area contributed by atoms with Crippen molar-refractivity contribution >= 4 is 7.82 Å². The number of rotatable bonds is 68. The van der Waals surface area contributed by atoms with E-state index in [4.69, 9.17) is 105 Å². The van der Waals surface area contributed by atoms with Crippen LogP contribution in [0.4, 0.5) is 0 Å². The highest BCUT2D eigenvalue weighted by Crippen LogP contribution is 2.35. The fourth-order valence-corrected chi connectivity index (χ4v) is 6.62. The molecule has 0 amide bonds. The molecule has 2 N–H and O–H groups in total.